The predicted octanol–water partition coefficient (Wildman–Crippen LogP) is 5.04. The average Bonchev–Trinajstić information content (AvgIpc) is 3.21. The fourth-order valence-corrected chi connectivity index (χ4v) is 3.71. The molecule has 3 heterocycles. The second-order valence-electron chi connectivity index (χ2n) is 6.82. The standard InChI is InChI=1S/C22H21N3O2/c1-26-17-11-9-16(10-12-17)25-22-18(7-4-5-13-23-22)21(24-25)20-14-15-6-2-3-8-19(15)27-20/h2-3,6,8-12,14,23H,4-5,7,13H2,1H3. The first kappa shape index (κ1) is 16.0. The first-order chi connectivity index (χ1) is 13.3. The molecule has 2 aromatic carbocycles. The van der Waals surface area contributed by atoms with Gasteiger partial charge in [-0.25, -0.2) is 4.68 Å². The fraction of sp³-hybridized carbons (Fsp3) is 0.227. The van der Waals surface area contributed by atoms with E-state index >= 15 is 0 Å². The number of rotatable bonds is 3. The highest BCUT2D eigenvalue weighted by molar-refractivity contribution is 5.83. The van der Waals surface area contributed by atoms with Gasteiger partial charge < -0.3 is 14.5 Å². The van der Waals surface area contributed by atoms with E-state index in [0.29, 0.717) is 0 Å². The van der Waals surface area contributed by atoms with E-state index in [4.69, 9.17) is 14.3 Å². The third-order valence-corrected chi connectivity index (χ3v) is 5.11. The van der Waals surface area contributed by atoms with Gasteiger partial charge >= 0.3 is 0 Å². The second-order valence-corrected chi connectivity index (χ2v) is 6.82. The molecule has 0 fully saturated rings. The lowest BCUT2D eigenvalue weighted by Crippen LogP contribution is -2.07. The van der Waals surface area contributed by atoms with Gasteiger partial charge in [-0.15, -0.1) is 0 Å². The molecule has 0 saturated heterocycles. The number of hydrogen-bond donors (Lipinski definition) is 1. The fourth-order valence-electron chi connectivity index (χ4n) is 3.71. The molecule has 5 heteroatoms. The second kappa shape index (κ2) is 6.50. The molecule has 0 atom stereocenters. The molecule has 0 bridgehead atoms. The van der Waals surface area contributed by atoms with Gasteiger partial charge in [0.25, 0.3) is 0 Å². The van der Waals surface area contributed by atoms with Crippen molar-refractivity contribution in [3.63, 3.8) is 0 Å². The molecule has 2 aromatic heterocycles. The van der Waals surface area contributed by atoms with Gasteiger partial charge in [0.1, 0.15) is 22.8 Å². The summed E-state index contributed by atoms with van der Waals surface area (Å²) >= 11 is 0. The molecule has 1 aliphatic rings. The van der Waals surface area contributed by atoms with Crippen LogP contribution in [0, 0.1) is 0 Å². The van der Waals surface area contributed by atoms with Crippen molar-refractivity contribution in [1.29, 1.82) is 0 Å². The Hall–Kier alpha value is -3.21. The van der Waals surface area contributed by atoms with Crippen LogP contribution in [0.5, 0.6) is 5.75 Å². The van der Waals surface area contributed by atoms with Crippen LogP contribution in [0.4, 0.5) is 5.82 Å². The highest BCUT2D eigenvalue weighted by atomic mass is 16.5. The van der Waals surface area contributed by atoms with Crippen molar-refractivity contribution in [2.24, 2.45) is 0 Å². The van der Waals surface area contributed by atoms with Crippen molar-refractivity contribution in [3.8, 4) is 22.9 Å². The Balaban J connectivity index is 1.68. The van der Waals surface area contributed by atoms with Crippen molar-refractivity contribution >= 4 is 16.8 Å². The van der Waals surface area contributed by atoms with Gasteiger partial charge in [0.2, 0.25) is 0 Å². The first-order valence-corrected chi connectivity index (χ1v) is 9.32. The molecular formula is C22H21N3O2. The maximum atomic E-state index is 6.12. The smallest absolute Gasteiger partial charge is 0.156 e. The minimum Gasteiger partial charge on any atom is -0.497 e. The molecular weight excluding hydrogens is 338 g/mol. The molecule has 4 aromatic rings. The van der Waals surface area contributed by atoms with E-state index < -0.39 is 0 Å². The summed E-state index contributed by atoms with van der Waals surface area (Å²) in [5.41, 5.74) is 4.04. The summed E-state index contributed by atoms with van der Waals surface area (Å²) in [6.07, 6.45) is 3.28. The molecule has 5 nitrogen and oxygen atoms in total. The summed E-state index contributed by atoms with van der Waals surface area (Å²) in [4.78, 5) is 0. The minimum atomic E-state index is 0.823. The van der Waals surface area contributed by atoms with Gasteiger partial charge in [-0.3, -0.25) is 0 Å². The molecule has 0 spiro atoms. The van der Waals surface area contributed by atoms with E-state index in [1.165, 1.54) is 5.56 Å². The van der Waals surface area contributed by atoms with Crippen LogP contribution >= 0.6 is 0 Å². The normalized spacial score (nSPS) is 13.8. The van der Waals surface area contributed by atoms with E-state index in [-0.39, 0.29) is 0 Å². The third-order valence-electron chi connectivity index (χ3n) is 5.11. The van der Waals surface area contributed by atoms with Crippen molar-refractivity contribution < 1.29 is 9.15 Å². The maximum absolute atomic E-state index is 6.12. The summed E-state index contributed by atoms with van der Waals surface area (Å²) in [5, 5.41) is 9.62. The van der Waals surface area contributed by atoms with Crippen LogP contribution in [0.15, 0.2) is 59.0 Å². The lowest BCUT2D eigenvalue weighted by Gasteiger charge is -2.09. The highest BCUT2D eigenvalue weighted by Crippen LogP contribution is 2.36. The zero-order valence-corrected chi connectivity index (χ0v) is 15.2. The molecule has 1 aliphatic heterocycles. The van der Waals surface area contributed by atoms with Crippen LogP contribution in [0.25, 0.3) is 28.1 Å². The van der Waals surface area contributed by atoms with E-state index in [9.17, 15) is 0 Å². The number of ether oxygens (including phenoxy) is 1. The number of methoxy groups -OCH3 is 1. The van der Waals surface area contributed by atoms with Crippen LogP contribution in [-0.2, 0) is 6.42 Å². The molecule has 1 N–H and O–H groups in total. The lowest BCUT2D eigenvalue weighted by atomic mass is 10.1. The van der Waals surface area contributed by atoms with Crippen molar-refractivity contribution in [1.82, 2.24) is 9.78 Å². The quantitative estimate of drug-likeness (QED) is 0.557. The van der Waals surface area contributed by atoms with E-state index in [1.807, 2.05) is 47.1 Å². The number of benzene rings is 2. The monoisotopic (exact) mass is 359 g/mol. The minimum absolute atomic E-state index is 0.823. The Morgan fingerprint density at radius 2 is 1.93 bits per heavy atom. The van der Waals surface area contributed by atoms with Crippen molar-refractivity contribution in [2.75, 3.05) is 19.0 Å². The maximum Gasteiger partial charge on any atom is 0.156 e. The van der Waals surface area contributed by atoms with Crippen molar-refractivity contribution in [3.05, 3.63) is 60.2 Å². The van der Waals surface area contributed by atoms with E-state index in [1.54, 1.807) is 7.11 Å². The Labute approximate surface area is 157 Å². The number of para-hydroxylation sites is 1. The number of hydrogen-bond acceptors (Lipinski definition) is 4. The molecule has 0 aliphatic carbocycles. The van der Waals surface area contributed by atoms with Gasteiger partial charge in [0.15, 0.2) is 5.76 Å². The molecule has 5 rings (SSSR count). The molecule has 0 amide bonds. The van der Waals surface area contributed by atoms with Gasteiger partial charge in [-0.2, -0.15) is 5.10 Å². The number of furan rings is 1. The largest absolute Gasteiger partial charge is 0.497 e. The van der Waals surface area contributed by atoms with E-state index in [0.717, 1.165) is 65.5 Å². The Kier molecular flexibility index (Phi) is 3.85. The highest BCUT2D eigenvalue weighted by Gasteiger charge is 2.23. The van der Waals surface area contributed by atoms with Crippen LogP contribution in [-0.4, -0.2) is 23.4 Å². The van der Waals surface area contributed by atoms with Gasteiger partial charge in [-0.1, -0.05) is 18.2 Å². The molecule has 0 unspecified atom stereocenters. The summed E-state index contributed by atoms with van der Waals surface area (Å²) in [7, 11) is 1.68. The molecule has 0 radical (unpaired) electrons. The number of fused-ring (bicyclic) bond motifs is 2. The zero-order chi connectivity index (χ0) is 18.2. The molecule has 27 heavy (non-hydrogen) atoms. The Morgan fingerprint density at radius 3 is 2.74 bits per heavy atom. The zero-order valence-electron chi connectivity index (χ0n) is 15.2. The van der Waals surface area contributed by atoms with Crippen LogP contribution < -0.4 is 10.1 Å². The van der Waals surface area contributed by atoms with Crippen LogP contribution in [0.2, 0.25) is 0 Å². The number of nitrogens with one attached hydrogen (secondary N) is 1. The van der Waals surface area contributed by atoms with Crippen LogP contribution in [0.1, 0.15) is 18.4 Å². The number of nitrogens with zero attached hydrogens (tertiary/aromatic N) is 2. The summed E-state index contributed by atoms with van der Waals surface area (Å²) < 4.78 is 13.4. The van der Waals surface area contributed by atoms with Crippen molar-refractivity contribution in [2.45, 2.75) is 19.3 Å². The Bertz CT molecular complexity index is 1060. The lowest BCUT2D eigenvalue weighted by molar-refractivity contribution is 0.414. The van der Waals surface area contributed by atoms with E-state index in [2.05, 4.69) is 17.4 Å². The predicted molar refractivity (Wildman–Crippen MR) is 107 cm³/mol. The molecule has 0 saturated carbocycles. The summed E-state index contributed by atoms with van der Waals surface area (Å²) in [5.74, 6) is 2.72. The average molecular weight is 359 g/mol. The summed E-state index contributed by atoms with van der Waals surface area (Å²) in [6.45, 7) is 0.953. The first-order valence-electron chi connectivity index (χ1n) is 9.32. The van der Waals surface area contributed by atoms with Gasteiger partial charge in [0, 0.05) is 17.5 Å². The number of anilines is 1. The van der Waals surface area contributed by atoms with Gasteiger partial charge in [0.05, 0.1) is 12.8 Å². The third kappa shape index (κ3) is 2.76. The van der Waals surface area contributed by atoms with Gasteiger partial charge in [-0.05, 0) is 55.7 Å². The number of aromatic nitrogens is 2. The molecule has 136 valence electrons. The summed E-state index contributed by atoms with van der Waals surface area (Å²) in [6, 6.07) is 18.1. The SMILES string of the molecule is COc1ccc(-n2nc(-c3cc4ccccc4o3)c3c2NCCCC3)cc1. The van der Waals surface area contributed by atoms with Crippen LogP contribution in [0.3, 0.4) is 0 Å². The Morgan fingerprint density at radius 1 is 1.07 bits per heavy atom. The topological polar surface area (TPSA) is 52.2 Å².